The number of carbonyl (C=O) groups is 1. The number of hydrogen-bond donors (Lipinski definition) is 1. The number of anilines is 1. The predicted octanol–water partition coefficient (Wildman–Crippen LogP) is 1.96. The van der Waals surface area contributed by atoms with E-state index in [2.05, 4.69) is 20.4 Å². The van der Waals surface area contributed by atoms with E-state index in [0.717, 1.165) is 74.9 Å². The molecule has 0 bridgehead atoms. The molecular formula is C23H31N5O3. The van der Waals surface area contributed by atoms with Crippen molar-refractivity contribution in [3.8, 4) is 17.0 Å². The zero-order chi connectivity index (χ0) is 21.5. The molecule has 31 heavy (non-hydrogen) atoms. The molecule has 2 fully saturated rings. The number of ether oxygens (including phenoxy) is 2. The summed E-state index contributed by atoms with van der Waals surface area (Å²) in [4.78, 5) is 16.7. The van der Waals surface area contributed by atoms with Gasteiger partial charge in [-0.05, 0) is 43.5 Å². The summed E-state index contributed by atoms with van der Waals surface area (Å²) in [5.41, 5.74) is 1.79. The van der Waals surface area contributed by atoms with Crippen LogP contribution in [-0.4, -0.2) is 80.1 Å². The summed E-state index contributed by atoms with van der Waals surface area (Å²) < 4.78 is 10.9. The standard InChI is InChI=1S/C23H31N5O3/c1-30-19-6-2-5-18(15-19)21-8-9-22(26-25-21)27-10-4-11-28(13-12-27)23(29)17-24-16-20-7-3-14-31-20/h2,5-6,8-9,15,20,24H,3-4,7,10-14,16-17H2,1H3. The molecule has 1 aromatic heterocycles. The summed E-state index contributed by atoms with van der Waals surface area (Å²) in [6.45, 7) is 5.04. The highest BCUT2D eigenvalue weighted by molar-refractivity contribution is 5.78. The Hall–Kier alpha value is -2.71. The summed E-state index contributed by atoms with van der Waals surface area (Å²) in [6, 6.07) is 11.8. The lowest BCUT2D eigenvalue weighted by molar-refractivity contribution is -0.130. The summed E-state index contributed by atoms with van der Waals surface area (Å²) in [5.74, 6) is 1.79. The van der Waals surface area contributed by atoms with Gasteiger partial charge in [-0.25, -0.2) is 0 Å². The van der Waals surface area contributed by atoms with Crippen LogP contribution in [0.3, 0.4) is 0 Å². The number of nitrogens with zero attached hydrogens (tertiary/aromatic N) is 4. The van der Waals surface area contributed by atoms with Gasteiger partial charge in [-0.1, -0.05) is 12.1 Å². The minimum Gasteiger partial charge on any atom is -0.497 e. The highest BCUT2D eigenvalue weighted by Crippen LogP contribution is 2.23. The zero-order valence-corrected chi connectivity index (χ0v) is 18.1. The Kier molecular flexibility index (Phi) is 7.32. The van der Waals surface area contributed by atoms with Crippen molar-refractivity contribution in [2.24, 2.45) is 0 Å². The van der Waals surface area contributed by atoms with Crippen molar-refractivity contribution in [2.75, 3.05) is 57.9 Å². The van der Waals surface area contributed by atoms with E-state index in [0.29, 0.717) is 13.1 Å². The molecule has 1 unspecified atom stereocenters. The quantitative estimate of drug-likeness (QED) is 0.726. The third-order valence-electron chi connectivity index (χ3n) is 5.86. The lowest BCUT2D eigenvalue weighted by Crippen LogP contribution is -2.42. The normalized spacial score (nSPS) is 19.3. The van der Waals surface area contributed by atoms with Gasteiger partial charge >= 0.3 is 0 Å². The number of rotatable bonds is 7. The molecule has 8 heteroatoms. The monoisotopic (exact) mass is 425 g/mol. The summed E-state index contributed by atoms with van der Waals surface area (Å²) >= 11 is 0. The van der Waals surface area contributed by atoms with Gasteiger partial charge < -0.3 is 24.6 Å². The average Bonchev–Trinajstić information content (AvgIpc) is 3.21. The molecule has 1 aromatic carbocycles. The van der Waals surface area contributed by atoms with Gasteiger partial charge in [-0.2, -0.15) is 0 Å². The number of nitrogens with one attached hydrogen (secondary N) is 1. The lowest BCUT2D eigenvalue weighted by atomic mass is 10.1. The van der Waals surface area contributed by atoms with E-state index >= 15 is 0 Å². The van der Waals surface area contributed by atoms with Crippen molar-refractivity contribution in [3.05, 3.63) is 36.4 Å². The second-order valence-electron chi connectivity index (χ2n) is 8.00. The van der Waals surface area contributed by atoms with Gasteiger partial charge in [0.1, 0.15) is 5.75 Å². The van der Waals surface area contributed by atoms with Crippen molar-refractivity contribution in [3.63, 3.8) is 0 Å². The van der Waals surface area contributed by atoms with Gasteiger partial charge in [0.2, 0.25) is 5.91 Å². The van der Waals surface area contributed by atoms with E-state index in [1.54, 1.807) is 7.11 Å². The molecule has 2 aliphatic heterocycles. The van der Waals surface area contributed by atoms with Gasteiger partial charge in [0, 0.05) is 44.9 Å². The maximum atomic E-state index is 12.6. The van der Waals surface area contributed by atoms with Crippen LogP contribution >= 0.6 is 0 Å². The number of methoxy groups -OCH3 is 1. The fraction of sp³-hybridized carbons (Fsp3) is 0.522. The van der Waals surface area contributed by atoms with E-state index in [1.165, 1.54) is 0 Å². The van der Waals surface area contributed by atoms with Gasteiger partial charge in [0.05, 0.1) is 25.5 Å². The fourth-order valence-corrected chi connectivity index (χ4v) is 4.08. The number of carbonyl (C=O) groups excluding carboxylic acids is 1. The van der Waals surface area contributed by atoms with Crippen LogP contribution in [0.2, 0.25) is 0 Å². The third kappa shape index (κ3) is 5.71. The van der Waals surface area contributed by atoms with Crippen molar-refractivity contribution in [1.82, 2.24) is 20.4 Å². The first-order valence-corrected chi connectivity index (χ1v) is 11.1. The molecule has 0 spiro atoms. The van der Waals surface area contributed by atoms with E-state index in [9.17, 15) is 4.79 Å². The van der Waals surface area contributed by atoms with E-state index in [1.807, 2.05) is 41.3 Å². The van der Waals surface area contributed by atoms with E-state index in [-0.39, 0.29) is 12.0 Å². The molecule has 1 amide bonds. The molecule has 1 N–H and O–H groups in total. The molecule has 2 saturated heterocycles. The Morgan fingerprint density at radius 1 is 1.16 bits per heavy atom. The maximum absolute atomic E-state index is 12.6. The molecule has 1 atom stereocenters. The largest absolute Gasteiger partial charge is 0.497 e. The number of hydrogen-bond acceptors (Lipinski definition) is 7. The molecule has 4 rings (SSSR count). The minimum absolute atomic E-state index is 0.152. The van der Waals surface area contributed by atoms with E-state index < -0.39 is 0 Å². The number of aromatic nitrogens is 2. The van der Waals surface area contributed by atoms with Crippen LogP contribution in [0, 0.1) is 0 Å². The first kappa shape index (κ1) is 21.5. The first-order chi connectivity index (χ1) is 15.2. The second kappa shape index (κ2) is 10.5. The molecule has 0 aliphatic carbocycles. The summed E-state index contributed by atoms with van der Waals surface area (Å²) in [7, 11) is 1.65. The van der Waals surface area contributed by atoms with Crippen LogP contribution in [0.1, 0.15) is 19.3 Å². The van der Waals surface area contributed by atoms with Crippen molar-refractivity contribution >= 4 is 11.7 Å². The van der Waals surface area contributed by atoms with Gasteiger partial charge in [-0.15, -0.1) is 10.2 Å². The predicted molar refractivity (Wildman–Crippen MR) is 119 cm³/mol. The molecule has 8 nitrogen and oxygen atoms in total. The summed E-state index contributed by atoms with van der Waals surface area (Å²) in [6.07, 6.45) is 3.37. The molecule has 0 saturated carbocycles. The number of amides is 1. The minimum atomic E-state index is 0.152. The zero-order valence-electron chi connectivity index (χ0n) is 18.1. The van der Waals surface area contributed by atoms with Crippen LogP contribution in [-0.2, 0) is 9.53 Å². The third-order valence-corrected chi connectivity index (χ3v) is 5.86. The van der Waals surface area contributed by atoms with Crippen LogP contribution in [0.5, 0.6) is 5.75 Å². The van der Waals surface area contributed by atoms with Gasteiger partial charge in [-0.3, -0.25) is 4.79 Å². The topological polar surface area (TPSA) is 79.8 Å². The van der Waals surface area contributed by atoms with Crippen LogP contribution in [0.15, 0.2) is 36.4 Å². The van der Waals surface area contributed by atoms with Crippen molar-refractivity contribution in [2.45, 2.75) is 25.4 Å². The SMILES string of the molecule is COc1cccc(-c2ccc(N3CCCN(C(=O)CNCC4CCCO4)CC3)nn2)c1. The second-order valence-corrected chi connectivity index (χ2v) is 8.00. The Balaban J connectivity index is 1.29. The summed E-state index contributed by atoms with van der Waals surface area (Å²) in [5, 5.41) is 12.1. The molecule has 166 valence electrons. The smallest absolute Gasteiger partial charge is 0.236 e. The Morgan fingerprint density at radius 3 is 2.87 bits per heavy atom. The first-order valence-electron chi connectivity index (χ1n) is 11.1. The highest BCUT2D eigenvalue weighted by Gasteiger charge is 2.21. The fourth-order valence-electron chi connectivity index (χ4n) is 4.08. The van der Waals surface area contributed by atoms with Gasteiger partial charge in [0.25, 0.3) is 0 Å². The Labute approximate surface area is 183 Å². The molecule has 0 radical (unpaired) electrons. The maximum Gasteiger partial charge on any atom is 0.236 e. The average molecular weight is 426 g/mol. The van der Waals surface area contributed by atoms with E-state index in [4.69, 9.17) is 9.47 Å². The van der Waals surface area contributed by atoms with Crippen LogP contribution in [0.4, 0.5) is 5.82 Å². The molecule has 3 heterocycles. The highest BCUT2D eigenvalue weighted by atomic mass is 16.5. The van der Waals surface area contributed by atoms with Crippen LogP contribution < -0.4 is 15.0 Å². The molecule has 2 aliphatic rings. The molecular weight excluding hydrogens is 394 g/mol. The van der Waals surface area contributed by atoms with Crippen molar-refractivity contribution < 1.29 is 14.3 Å². The Bertz CT molecular complexity index is 855. The Morgan fingerprint density at radius 2 is 2.10 bits per heavy atom. The van der Waals surface area contributed by atoms with Gasteiger partial charge in [0.15, 0.2) is 5.82 Å². The lowest BCUT2D eigenvalue weighted by Gasteiger charge is -2.23. The van der Waals surface area contributed by atoms with Crippen LogP contribution in [0.25, 0.3) is 11.3 Å². The van der Waals surface area contributed by atoms with Crippen molar-refractivity contribution in [1.29, 1.82) is 0 Å². The molecule has 2 aromatic rings. The number of benzene rings is 1.